The number of amides is 2. The summed E-state index contributed by atoms with van der Waals surface area (Å²) in [5.74, 6) is -0.447. The molecule has 1 aromatic carbocycles. The lowest BCUT2D eigenvalue weighted by molar-refractivity contribution is -0.122. The predicted molar refractivity (Wildman–Crippen MR) is 118 cm³/mol. The molecule has 0 bridgehead atoms. The van der Waals surface area contributed by atoms with Crippen molar-refractivity contribution in [3.63, 3.8) is 0 Å². The number of sulfonamides is 1. The van der Waals surface area contributed by atoms with Crippen molar-refractivity contribution < 1.29 is 22.7 Å². The van der Waals surface area contributed by atoms with Gasteiger partial charge in [-0.25, -0.2) is 8.42 Å². The monoisotopic (exact) mass is 461 g/mol. The summed E-state index contributed by atoms with van der Waals surface area (Å²) < 4.78 is 32.8. The van der Waals surface area contributed by atoms with Crippen LogP contribution in [0.25, 0.3) is 0 Å². The molecule has 10 heteroatoms. The molecule has 0 spiro atoms. The highest BCUT2D eigenvalue weighted by atomic mass is 32.2. The second-order valence-corrected chi connectivity index (χ2v) is 10.5. The molecule has 0 atom stereocenters. The average Bonchev–Trinajstić information content (AvgIpc) is 3.34. The number of thiophene rings is 1. The third-order valence-electron chi connectivity index (χ3n) is 5.35. The van der Waals surface area contributed by atoms with Gasteiger partial charge in [-0.2, -0.15) is 4.31 Å². The topological polar surface area (TPSA) is 105 Å². The molecular weight excluding hydrogens is 438 g/mol. The number of nitrogens with zero attached hydrogens (tertiary/aromatic N) is 1. The molecule has 2 aromatic rings. The van der Waals surface area contributed by atoms with E-state index in [9.17, 15) is 18.0 Å². The van der Waals surface area contributed by atoms with Gasteiger partial charge in [-0.05, 0) is 54.8 Å². The van der Waals surface area contributed by atoms with E-state index in [1.165, 1.54) is 33.9 Å². The molecule has 3 heterocycles. The Morgan fingerprint density at radius 2 is 1.84 bits per heavy atom. The Labute approximate surface area is 184 Å². The van der Waals surface area contributed by atoms with Crippen LogP contribution in [-0.2, 0) is 37.4 Å². The first kappa shape index (κ1) is 21.7. The Bertz CT molecular complexity index is 1080. The Balaban J connectivity index is 1.40. The molecule has 4 rings (SSSR count). The van der Waals surface area contributed by atoms with Gasteiger partial charge < -0.3 is 15.4 Å². The number of carbonyl (C=O) groups is 2. The molecular formula is C21H23N3O5S2. The number of nitrogens with one attached hydrogen (secondary N) is 2. The summed E-state index contributed by atoms with van der Waals surface area (Å²) in [6.45, 7) is 5.09. The lowest BCUT2D eigenvalue weighted by Crippen LogP contribution is -2.28. The number of anilines is 2. The first-order valence-corrected chi connectivity index (χ1v) is 12.2. The van der Waals surface area contributed by atoms with Crippen LogP contribution < -0.4 is 10.6 Å². The highest BCUT2D eigenvalue weighted by Crippen LogP contribution is 2.37. The minimum atomic E-state index is -3.68. The Morgan fingerprint density at radius 1 is 1.13 bits per heavy atom. The fourth-order valence-electron chi connectivity index (χ4n) is 3.61. The Hall–Kier alpha value is -2.53. The van der Waals surface area contributed by atoms with E-state index in [0.717, 1.165) is 10.4 Å². The largest absolute Gasteiger partial charge is 0.381 e. The van der Waals surface area contributed by atoms with E-state index in [1.807, 2.05) is 0 Å². The Morgan fingerprint density at radius 3 is 2.48 bits per heavy atom. The molecule has 2 aliphatic heterocycles. The van der Waals surface area contributed by atoms with E-state index in [-0.39, 0.29) is 35.7 Å². The van der Waals surface area contributed by atoms with Gasteiger partial charge in [0.1, 0.15) is 0 Å². The predicted octanol–water partition coefficient (Wildman–Crippen LogP) is 2.94. The van der Waals surface area contributed by atoms with Crippen LogP contribution in [0, 0.1) is 5.92 Å². The molecule has 2 N–H and O–H groups in total. The minimum Gasteiger partial charge on any atom is -0.381 e. The van der Waals surface area contributed by atoms with Crippen molar-refractivity contribution in [3.05, 3.63) is 53.4 Å². The van der Waals surface area contributed by atoms with Gasteiger partial charge in [0.2, 0.25) is 21.8 Å². The normalized spacial score (nSPS) is 17.2. The quantitative estimate of drug-likeness (QED) is 0.644. The highest BCUT2D eigenvalue weighted by Gasteiger charge is 2.32. The maximum Gasteiger partial charge on any atom is 0.248 e. The molecule has 0 saturated carbocycles. The number of benzene rings is 1. The number of hydrogen-bond donors (Lipinski definition) is 2. The van der Waals surface area contributed by atoms with Crippen LogP contribution in [-0.4, -0.2) is 37.8 Å². The molecule has 164 valence electrons. The van der Waals surface area contributed by atoms with Crippen LogP contribution in [0.3, 0.4) is 0 Å². The van der Waals surface area contributed by atoms with Crippen LogP contribution >= 0.6 is 11.3 Å². The van der Waals surface area contributed by atoms with E-state index in [1.54, 1.807) is 18.2 Å². The van der Waals surface area contributed by atoms with Crippen LogP contribution in [0.2, 0.25) is 0 Å². The summed E-state index contributed by atoms with van der Waals surface area (Å²) in [6, 6.07) is 8.04. The summed E-state index contributed by atoms with van der Waals surface area (Å²) in [6.07, 6.45) is 2.57. The number of hydrogen-bond acceptors (Lipinski definition) is 6. The molecule has 1 aromatic heterocycles. The second-order valence-electron chi connectivity index (χ2n) is 7.43. The number of rotatable bonds is 6. The maximum atomic E-state index is 13.0. The zero-order valence-electron chi connectivity index (χ0n) is 16.8. The van der Waals surface area contributed by atoms with E-state index < -0.39 is 10.0 Å². The summed E-state index contributed by atoms with van der Waals surface area (Å²) in [4.78, 5) is 24.9. The zero-order valence-corrected chi connectivity index (χ0v) is 18.4. The van der Waals surface area contributed by atoms with Crippen LogP contribution in [0.1, 0.15) is 23.3 Å². The third kappa shape index (κ3) is 4.72. The van der Waals surface area contributed by atoms with Crippen molar-refractivity contribution in [1.82, 2.24) is 4.31 Å². The van der Waals surface area contributed by atoms with Crippen molar-refractivity contribution >= 4 is 43.9 Å². The van der Waals surface area contributed by atoms with Gasteiger partial charge in [0, 0.05) is 42.8 Å². The van der Waals surface area contributed by atoms with Gasteiger partial charge in [-0.1, -0.05) is 6.58 Å². The lowest BCUT2D eigenvalue weighted by atomic mass is 9.99. The van der Waals surface area contributed by atoms with Gasteiger partial charge in [0.15, 0.2) is 0 Å². The molecule has 31 heavy (non-hydrogen) atoms. The van der Waals surface area contributed by atoms with Crippen molar-refractivity contribution in [3.8, 4) is 0 Å². The first-order valence-electron chi connectivity index (χ1n) is 9.90. The lowest BCUT2D eigenvalue weighted by Gasteiger charge is -2.21. The van der Waals surface area contributed by atoms with Crippen LogP contribution in [0.15, 0.2) is 47.9 Å². The van der Waals surface area contributed by atoms with Gasteiger partial charge in [-0.15, -0.1) is 11.3 Å². The van der Waals surface area contributed by atoms with Gasteiger partial charge in [-0.3, -0.25) is 9.59 Å². The van der Waals surface area contributed by atoms with Gasteiger partial charge in [0.25, 0.3) is 0 Å². The molecule has 0 aliphatic carbocycles. The maximum absolute atomic E-state index is 13.0. The number of ether oxygens (including phenoxy) is 1. The fourth-order valence-corrected chi connectivity index (χ4v) is 6.17. The van der Waals surface area contributed by atoms with Crippen molar-refractivity contribution in [2.45, 2.75) is 30.8 Å². The molecule has 0 radical (unpaired) electrons. The van der Waals surface area contributed by atoms with Crippen LogP contribution in [0.5, 0.6) is 0 Å². The van der Waals surface area contributed by atoms with E-state index in [0.29, 0.717) is 36.7 Å². The fraction of sp³-hybridized carbons (Fsp3) is 0.333. The summed E-state index contributed by atoms with van der Waals surface area (Å²) in [7, 11) is -3.68. The van der Waals surface area contributed by atoms with Crippen molar-refractivity contribution in [2.75, 3.05) is 23.8 Å². The van der Waals surface area contributed by atoms with Gasteiger partial charge in [0.05, 0.1) is 9.90 Å². The zero-order chi connectivity index (χ0) is 22.0. The van der Waals surface area contributed by atoms with Crippen molar-refractivity contribution in [1.29, 1.82) is 0 Å². The third-order valence-corrected chi connectivity index (χ3v) is 8.23. The Kier molecular flexibility index (Phi) is 6.24. The summed E-state index contributed by atoms with van der Waals surface area (Å²) in [5.41, 5.74) is 1.45. The summed E-state index contributed by atoms with van der Waals surface area (Å²) in [5, 5.41) is 6.23. The molecule has 2 aliphatic rings. The van der Waals surface area contributed by atoms with Gasteiger partial charge >= 0.3 is 0 Å². The number of carbonyl (C=O) groups excluding carboxylic acids is 2. The standard InChI is InChI=1S/C21H23N3O5S2/c1-2-19(25)23-20-11-15-12-24(13-18(15)30-20)31(27,28)17-5-3-16(4-6-17)22-21(26)14-7-9-29-10-8-14/h2-6,11,14H,1,7-10,12-13H2,(H,22,26)(H,23,25). The minimum absolute atomic E-state index is 0.0674. The van der Waals surface area contributed by atoms with E-state index in [2.05, 4.69) is 17.2 Å². The van der Waals surface area contributed by atoms with Crippen LogP contribution in [0.4, 0.5) is 10.7 Å². The second kappa shape index (κ2) is 8.91. The molecule has 8 nitrogen and oxygen atoms in total. The highest BCUT2D eigenvalue weighted by molar-refractivity contribution is 7.89. The summed E-state index contributed by atoms with van der Waals surface area (Å²) >= 11 is 1.36. The molecule has 0 unspecified atom stereocenters. The van der Waals surface area contributed by atoms with E-state index in [4.69, 9.17) is 4.74 Å². The van der Waals surface area contributed by atoms with Crippen molar-refractivity contribution in [2.24, 2.45) is 5.92 Å². The van der Waals surface area contributed by atoms with E-state index >= 15 is 0 Å². The average molecular weight is 462 g/mol. The first-order chi connectivity index (χ1) is 14.9. The number of fused-ring (bicyclic) bond motifs is 1. The molecule has 1 saturated heterocycles. The molecule has 1 fully saturated rings. The SMILES string of the molecule is C=CC(=O)Nc1cc2c(s1)CN(S(=O)(=O)c1ccc(NC(=O)C3CCOCC3)cc1)C2. The smallest absolute Gasteiger partial charge is 0.248 e. The molecule has 2 amide bonds.